The molecule has 280 valence electrons. The Labute approximate surface area is 339 Å². The molecule has 8 heteroatoms. The fraction of sp³-hybridized carbons (Fsp3) is 0.395. The molecule has 0 saturated heterocycles. The standard InChI is InChI=1S/C20H25BrN2S.C16H14BrNS.C3H9N.C2H6.2CH4/c1-12(2)22-20(24-6)23-19-16(8-7-9-17(19)21)18-14(4)10-13(3)11-15(18)5;1-10-7-11(2)15(12(3)8-10)13-5-4-6-14(17)16(13)18-9-19;1-3(2)4;1-2;;/h7-12H,1-6H3,(H,22,23);4-8H,1-3H3;3H,4H2,1-2H3;1-2H3;2*1H4/i;;;1D;;. The highest BCUT2D eigenvalue weighted by Crippen LogP contribution is 2.40. The molecule has 0 atom stereocenters. The number of rotatable bonds is 5. The van der Waals surface area contributed by atoms with Crippen LogP contribution in [0.2, 0.25) is 0 Å². The lowest BCUT2D eigenvalue weighted by Gasteiger charge is -2.19. The van der Waals surface area contributed by atoms with Crippen LogP contribution < -0.4 is 11.1 Å². The highest BCUT2D eigenvalue weighted by molar-refractivity contribution is 9.11. The number of nitrogens with one attached hydrogen (secondary N) is 1. The fourth-order valence-corrected chi connectivity index (χ4v) is 6.95. The number of aryl methyl sites for hydroxylation is 6. The van der Waals surface area contributed by atoms with Crippen LogP contribution >= 0.6 is 55.8 Å². The van der Waals surface area contributed by atoms with Crippen LogP contribution in [0.4, 0.5) is 11.4 Å². The second-order valence-corrected chi connectivity index (χ2v) is 14.8. The number of hydrogen-bond acceptors (Lipinski definition) is 5. The number of aliphatic imine (C=N–C) groups is 2. The fourth-order valence-electron chi connectivity index (χ4n) is 5.42. The molecule has 0 radical (unpaired) electrons. The van der Waals surface area contributed by atoms with Crippen molar-refractivity contribution in [1.29, 1.82) is 0 Å². The van der Waals surface area contributed by atoms with Crippen LogP contribution in [-0.2, 0) is 0 Å². The van der Waals surface area contributed by atoms with E-state index in [4.69, 9.17) is 19.3 Å². The van der Waals surface area contributed by atoms with Crippen LogP contribution in [0.3, 0.4) is 0 Å². The lowest BCUT2D eigenvalue weighted by molar-refractivity contribution is 0.834. The maximum atomic E-state index is 6.21. The highest BCUT2D eigenvalue weighted by Gasteiger charge is 2.15. The Balaban J connectivity index is 0. The largest absolute Gasteiger partial charge is 0.334 e. The number of benzene rings is 4. The van der Waals surface area contributed by atoms with Crippen molar-refractivity contribution in [2.24, 2.45) is 15.7 Å². The minimum atomic E-state index is 0. The molecule has 0 amide bonds. The summed E-state index contributed by atoms with van der Waals surface area (Å²) < 4.78 is 8.19. The Morgan fingerprint density at radius 3 is 1.59 bits per heavy atom. The summed E-state index contributed by atoms with van der Waals surface area (Å²) in [5, 5.41) is 6.93. The molecule has 4 nitrogen and oxygen atoms in total. The van der Waals surface area contributed by atoms with E-state index in [9.17, 15) is 0 Å². The second-order valence-electron chi connectivity index (χ2n) is 12.2. The van der Waals surface area contributed by atoms with Crippen molar-refractivity contribution in [2.75, 3.05) is 11.6 Å². The second kappa shape index (κ2) is 25.4. The summed E-state index contributed by atoms with van der Waals surface area (Å²) in [5.74, 6) is 0. The van der Waals surface area contributed by atoms with Gasteiger partial charge in [0.25, 0.3) is 0 Å². The average molecular weight is 860 g/mol. The quantitative estimate of drug-likeness (QED) is 0.119. The van der Waals surface area contributed by atoms with Crippen molar-refractivity contribution in [3.63, 3.8) is 0 Å². The van der Waals surface area contributed by atoms with Gasteiger partial charge in [0.1, 0.15) is 0 Å². The Hall–Kier alpha value is -2.58. The number of amidine groups is 1. The molecule has 4 aromatic rings. The number of thiocarbonyl (C=S) groups is 1. The van der Waals surface area contributed by atoms with E-state index in [-0.39, 0.29) is 20.9 Å². The van der Waals surface area contributed by atoms with Gasteiger partial charge in [-0.15, -0.1) is 0 Å². The Kier molecular flexibility index (Phi) is 24.1. The van der Waals surface area contributed by atoms with Crippen molar-refractivity contribution < 1.29 is 1.37 Å². The molecule has 0 bridgehead atoms. The monoisotopic (exact) mass is 857 g/mol. The lowest BCUT2D eigenvalue weighted by atomic mass is 9.93. The number of anilines is 1. The van der Waals surface area contributed by atoms with Gasteiger partial charge in [0, 0.05) is 27.5 Å². The molecule has 0 heterocycles. The molecular weight excluding hydrogens is 796 g/mol. The maximum Gasteiger partial charge on any atom is 0.161 e. The molecule has 4 aromatic carbocycles. The molecule has 51 heavy (non-hydrogen) atoms. The molecular formula is C43H62Br2N4S2. The topological polar surface area (TPSA) is 62.8 Å². The van der Waals surface area contributed by atoms with Crippen molar-refractivity contribution >= 4 is 77.5 Å². The first kappa shape index (κ1) is 48.4. The van der Waals surface area contributed by atoms with Crippen LogP contribution in [0.5, 0.6) is 0 Å². The van der Waals surface area contributed by atoms with Crippen molar-refractivity contribution in [3.05, 3.63) is 103 Å². The Morgan fingerprint density at radius 2 is 1.20 bits per heavy atom. The number of isothiocyanates is 1. The summed E-state index contributed by atoms with van der Waals surface area (Å²) in [7, 11) is 0. The number of halogens is 2. The molecule has 0 aliphatic heterocycles. The summed E-state index contributed by atoms with van der Waals surface area (Å²) in [6.07, 6.45) is 2.05. The van der Waals surface area contributed by atoms with Gasteiger partial charge >= 0.3 is 0 Å². The third-order valence-corrected chi connectivity index (χ3v) is 8.84. The maximum absolute atomic E-state index is 6.21. The lowest BCUT2D eigenvalue weighted by Crippen LogP contribution is -2.11. The number of para-hydroxylation sites is 2. The van der Waals surface area contributed by atoms with Crippen LogP contribution in [0.1, 0.15) is 91.1 Å². The third-order valence-electron chi connectivity index (χ3n) is 6.85. The molecule has 0 aromatic heterocycles. The molecule has 0 aliphatic rings. The summed E-state index contributed by atoms with van der Waals surface area (Å²) in [5.41, 5.74) is 19.5. The first-order valence-electron chi connectivity index (χ1n) is 17.0. The number of thioether (sulfide) groups is 1. The van der Waals surface area contributed by atoms with Gasteiger partial charge in [-0.3, -0.25) is 4.99 Å². The smallest absolute Gasteiger partial charge is 0.161 e. The van der Waals surface area contributed by atoms with E-state index >= 15 is 0 Å². The molecule has 0 spiro atoms. The van der Waals surface area contributed by atoms with Crippen molar-refractivity contribution in [2.45, 2.75) is 110 Å². The minimum absolute atomic E-state index is 0. The number of hydrogen-bond donors (Lipinski definition) is 2. The van der Waals surface area contributed by atoms with E-state index in [1.54, 1.807) is 18.7 Å². The molecule has 0 saturated carbocycles. The van der Waals surface area contributed by atoms with E-state index in [0.29, 0.717) is 12.9 Å². The highest BCUT2D eigenvalue weighted by atomic mass is 79.9. The minimum Gasteiger partial charge on any atom is -0.334 e. The van der Waals surface area contributed by atoms with Gasteiger partial charge in [-0.25, -0.2) is 0 Å². The predicted molar refractivity (Wildman–Crippen MR) is 246 cm³/mol. The zero-order chi connectivity index (χ0) is 38.1. The van der Waals surface area contributed by atoms with Gasteiger partial charge in [0.05, 0.1) is 16.5 Å². The first-order valence-corrected chi connectivity index (χ1v) is 19.5. The molecule has 0 unspecified atom stereocenters. The first-order chi connectivity index (χ1) is 23.5. The van der Waals surface area contributed by atoms with E-state index in [1.165, 1.54) is 50.1 Å². The van der Waals surface area contributed by atoms with Crippen LogP contribution in [0.15, 0.2) is 79.6 Å². The number of nitrogens with two attached hydrogens (primary N) is 1. The van der Waals surface area contributed by atoms with Gasteiger partial charge in [0.2, 0.25) is 0 Å². The average Bonchev–Trinajstić information content (AvgIpc) is 2.99. The van der Waals surface area contributed by atoms with Crippen molar-refractivity contribution in [3.8, 4) is 22.3 Å². The summed E-state index contributed by atoms with van der Waals surface area (Å²) in [6, 6.07) is 21.8. The van der Waals surface area contributed by atoms with Gasteiger partial charge in [-0.05, 0) is 157 Å². The van der Waals surface area contributed by atoms with E-state index in [1.807, 2.05) is 32.2 Å². The van der Waals surface area contributed by atoms with Crippen LogP contribution in [-0.4, -0.2) is 28.7 Å². The molecule has 0 aliphatic carbocycles. The van der Waals surface area contributed by atoms with E-state index in [0.717, 1.165) is 31.1 Å². The zero-order valence-corrected chi connectivity index (χ0v) is 36.0. The van der Waals surface area contributed by atoms with Crippen LogP contribution in [0.25, 0.3) is 22.3 Å². The molecule has 4 rings (SSSR count). The van der Waals surface area contributed by atoms with Gasteiger partial charge in [-0.2, -0.15) is 4.99 Å². The summed E-state index contributed by atoms with van der Waals surface area (Å²) in [6.45, 7) is 23.2. The number of nitrogens with zero attached hydrogens (tertiary/aromatic N) is 2. The Bertz CT molecular complexity index is 1730. The summed E-state index contributed by atoms with van der Waals surface area (Å²) in [4.78, 5) is 8.88. The SMILES string of the molecule is C.C.CC(C)N.CSC(=NC(C)C)Nc1c(Br)cccc1-c1c(C)cc(C)cc1C.Cc1cc(C)c(-c2cccc(Br)c2N=C=S)c(C)c1.[2H]CC. The zero-order valence-electron chi connectivity index (χ0n) is 32.2. The third kappa shape index (κ3) is 15.9. The van der Waals surface area contributed by atoms with Gasteiger partial charge < -0.3 is 11.1 Å². The summed E-state index contributed by atoms with van der Waals surface area (Å²) >= 11 is 13.6. The predicted octanol–water partition coefficient (Wildman–Crippen LogP) is 15.0. The molecule has 3 N–H and O–H groups in total. The van der Waals surface area contributed by atoms with Crippen molar-refractivity contribution in [1.82, 2.24) is 0 Å². The van der Waals surface area contributed by atoms with Gasteiger partial charge in [-0.1, -0.05) is 114 Å². The molecule has 0 fully saturated rings. The Morgan fingerprint density at radius 1 is 0.804 bits per heavy atom. The van der Waals surface area contributed by atoms with Gasteiger partial charge in [0.15, 0.2) is 5.17 Å². The van der Waals surface area contributed by atoms with Crippen LogP contribution in [0, 0.1) is 41.5 Å². The van der Waals surface area contributed by atoms with E-state index < -0.39 is 0 Å². The normalized spacial score (nSPS) is 10.5. The van der Waals surface area contributed by atoms with E-state index in [2.05, 4.69) is 156 Å².